The van der Waals surface area contributed by atoms with Crippen molar-refractivity contribution in [2.24, 2.45) is 0 Å². The Hall–Kier alpha value is -3.24. The maximum absolute atomic E-state index is 13.7. The number of esters is 1. The Morgan fingerprint density at radius 1 is 0.895 bits per heavy atom. The number of hydrogen-bond donors (Lipinski definition) is 0. The monoisotopic (exact) mass is 598 g/mol. The molecule has 0 aliphatic carbocycles. The molecule has 0 amide bonds. The summed E-state index contributed by atoms with van der Waals surface area (Å²) in [6.45, 7) is 1.53. The van der Waals surface area contributed by atoms with Gasteiger partial charge in [-0.3, -0.25) is 0 Å². The zero-order chi connectivity index (χ0) is 27.2. The summed E-state index contributed by atoms with van der Waals surface area (Å²) in [6, 6.07) is 21.8. The first kappa shape index (κ1) is 27.8. The van der Waals surface area contributed by atoms with E-state index >= 15 is 0 Å². The van der Waals surface area contributed by atoms with Gasteiger partial charge in [-0.25, -0.2) is 4.79 Å². The van der Waals surface area contributed by atoms with E-state index in [2.05, 4.69) is 15.9 Å². The summed E-state index contributed by atoms with van der Waals surface area (Å²) < 4.78 is 42.3. The quantitative estimate of drug-likeness (QED) is 0.117. The van der Waals surface area contributed by atoms with Crippen LogP contribution in [0.15, 0.2) is 87.1 Å². The highest BCUT2D eigenvalue weighted by molar-refractivity contribution is 9.10. The maximum atomic E-state index is 13.7. The van der Waals surface area contributed by atoms with E-state index in [1.807, 2.05) is 55.5 Å². The molecule has 0 saturated heterocycles. The van der Waals surface area contributed by atoms with Crippen LogP contribution in [0.4, 0.5) is 0 Å². The van der Waals surface area contributed by atoms with Crippen molar-refractivity contribution in [3.05, 3.63) is 82.8 Å². The standard InChI is InChI=1S/C29H27BrO7S/c1-18(19-12-14-21(33-2)15-13-19)36-17-26(31)37-29-27-20(16-23(34-3)28(29)35-4)8-7-11-25(27)38(32)24-10-6-5-9-22(24)30/h5-16,18H,17H2,1-4H3. The average molecular weight is 599 g/mol. The first-order valence-corrected chi connectivity index (χ1v) is 13.6. The second-order valence-corrected chi connectivity index (χ2v) is 10.5. The van der Waals surface area contributed by atoms with Crippen LogP contribution in [0.2, 0.25) is 0 Å². The second-order valence-electron chi connectivity index (χ2n) is 8.20. The predicted octanol–water partition coefficient (Wildman–Crippen LogP) is 6.48. The molecule has 4 aromatic carbocycles. The molecule has 0 N–H and O–H groups in total. The summed E-state index contributed by atoms with van der Waals surface area (Å²) in [5, 5.41) is 1.16. The first-order chi connectivity index (χ1) is 18.4. The molecular formula is C29H27BrO7S. The number of carbonyl (C=O) groups excluding carboxylic acids is 1. The zero-order valence-corrected chi connectivity index (χ0v) is 23.8. The first-order valence-electron chi connectivity index (χ1n) is 11.7. The van der Waals surface area contributed by atoms with Gasteiger partial charge >= 0.3 is 5.97 Å². The molecule has 4 rings (SSSR count). The fraction of sp³-hybridized carbons (Fsp3) is 0.207. The zero-order valence-electron chi connectivity index (χ0n) is 21.4. The van der Waals surface area contributed by atoms with Gasteiger partial charge in [-0.1, -0.05) is 36.4 Å². The molecule has 0 aliphatic rings. The Morgan fingerprint density at radius 2 is 1.61 bits per heavy atom. The number of ether oxygens (including phenoxy) is 5. The summed E-state index contributed by atoms with van der Waals surface area (Å²) in [4.78, 5) is 14.1. The maximum Gasteiger partial charge on any atom is 0.337 e. The van der Waals surface area contributed by atoms with E-state index in [0.29, 0.717) is 30.8 Å². The van der Waals surface area contributed by atoms with Crippen molar-refractivity contribution in [2.45, 2.75) is 22.8 Å². The Morgan fingerprint density at radius 3 is 2.26 bits per heavy atom. The molecule has 4 aromatic rings. The molecule has 0 saturated carbocycles. The number of methoxy groups -OCH3 is 3. The van der Waals surface area contributed by atoms with Crippen LogP contribution in [0.1, 0.15) is 18.6 Å². The summed E-state index contributed by atoms with van der Waals surface area (Å²) in [5.41, 5.74) is 0.883. The highest BCUT2D eigenvalue weighted by atomic mass is 79.9. The molecule has 0 heterocycles. The number of hydrogen-bond acceptors (Lipinski definition) is 7. The SMILES string of the molecule is COc1ccc(C(C)OCC(=O)Oc2c(OC)c(OC)cc3cccc([S+]([O-])c4ccccc4Br)c23)cc1. The normalized spacial score (nSPS) is 12.6. The fourth-order valence-electron chi connectivity index (χ4n) is 3.96. The van der Waals surface area contributed by atoms with Gasteiger partial charge < -0.3 is 28.2 Å². The lowest BCUT2D eigenvalue weighted by molar-refractivity contribution is -0.141. The predicted molar refractivity (Wildman–Crippen MR) is 149 cm³/mol. The number of rotatable bonds is 10. The Bertz CT molecular complexity index is 1420. The highest BCUT2D eigenvalue weighted by Crippen LogP contribution is 2.47. The topological polar surface area (TPSA) is 86.3 Å². The lowest BCUT2D eigenvalue weighted by Gasteiger charge is -2.19. The summed E-state index contributed by atoms with van der Waals surface area (Å²) in [7, 11) is 4.55. The number of halogens is 1. The van der Waals surface area contributed by atoms with Crippen molar-refractivity contribution < 1.29 is 33.0 Å². The average Bonchev–Trinajstić information content (AvgIpc) is 2.95. The molecule has 0 aliphatic heterocycles. The minimum absolute atomic E-state index is 0.114. The lowest BCUT2D eigenvalue weighted by Crippen LogP contribution is -2.18. The minimum Gasteiger partial charge on any atom is -0.606 e. The summed E-state index contributed by atoms with van der Waals surface area (Å²) in [5.74, 6) is 0.795. The molecule has 0 bridgehead atoms. The minimum atomic E-state index is -1.59. The van der Waals surface area contributed by atoms with Gasteiger partial charge in [-0.05, 0) is 70.2 Å². The second kappa shape index (κ2) is 12.5. The third kappa shape index (κ3) is 5.91. The van der Waals surface area contributed by atoms with Crippen LogP contribution in [0.5, 0.6) is 23.0 Å². The van der Waals surface area contributed by atoms with E-state index in [0.717, 1.165) is 11.3 Å². The van der Waals surface area contributed by atoms with Crippen molar-refractivity contribution in [1.29, 1.82) is 0 Å². The van der Waals surface area contributed by atoms with E-state index in [1.165, 1.54) is 14.2 Å². The summed E-state index contributed by atoms with van der Waals surface area (Å²) >= 11 is 1.89. The van der Waals surface area contributed by atoms with Crippen LogP contribution in [-0.4, -0.2) is 38.5 Å². The van der Waals surface area contributed by atoms with Gasteiger partial charge in [0.05, 0.1) is 37.3 Å². The highest BCUT2D eigenvalue weighted by Gasteiger charge is 2.28. The summed E-state index contributed by atoms with van der Waals surface area (Å²) in [6.07, 6.45) is -0.365. The third-order valence-corrected chi connectivity index (χ3v) is 8.36. The smallest absolute Gasteiger partial charge is 0.337 e. The largest absolute Gasteiger partial charge is 0.606 e. The van der Waals surface area contributed by atoms with Crippen LogP contribution < -0.4 is 18.9 Å². The number of benzene rings is 4. The van der Waals surface area contributed by atoms with Crippen molar-refractivity contribution in [1.82, 2.24) is 0 Å². The van der Waals surface area contributed by atoms with Crippen molar-refractivity contribution in [3.8, 4) is 23.0 Å². The molecule has 38 heavy (non-hydrogen) atoms. The van der Waals surface area contributed by atoms with Gasteiger partial charge in [0.2, 0.25) is 5.75 Å². The van der Waals surface area contributed by atoms with Gasteiger partial charge in [-0.15, -0.1) is 0 Å². The Kier molecular flexibility index (Phi) is 9.17. The van der Waals surface area contributed by atoms with E-state index in [4.69, 9.17) is 23.7 Å². The Balaban J connectivity index is 1.68. The molecule has 9 heteroatoms. The van der Waals surface area contributed by atoms with E-state index < -0.39 is 17.1 Å². The van der Waals surface area contributed by atoms with Gasteiger partial charge in [0, 0.05) is 11.2 Å². The van der Waals surface area contributed by atoms with Crippen molar-refractivity contribution in [2.75, 3.05) is 27.9 Å². The van der Waals surface area contributed by atoms with Crippen molar-refractivity contribution >= 4 is 43.8 Å². The van der Waals surface area contributed by atoms with Crippen LogP contribution >= 0.6 is 15.9 Å². The third-order valence-electron chi connectivity index (χ3n) is 5.91. The molecule has 7 nitrogen and oxygen atoms in total. The van der Waals surface area contributed by atoms with E-state index in [-0.39, 0.29) is 24.2 Å². The molecule has 2 unspecified atom stereocenters. The number of fused-ring (bicyclic) bond motifs is 1. The van der Waals surface area contributed by atoms with Gasteiger partial charge in [0.15, 0.2) is 21.3 Å². The van der Waals surface area contributed by atoms with Gasteiger partial charge in [0.25, 0.3) is 0 Å². The fourth-order valence-corrected chi connectivity index (χ4v) is 5.97. The molecule has 0 aromatic heterocycles. The molecular weight excluding hydrogens is 572 g/mol. The van der Waals surface area contributed by atoms with Crippen LogP contribution in [0, 0.1) is 0 Å². The van der Waals surface area contributed by atoms with Crippen molar-refractivity contribution in [3.63, 3.8) is 0 Å². The Labute approximate surface area is 232 Å². The van der Waals surface area contributed by atoms with E-state index in [9.17, 15) is 9.35 Å². The van der Waals surface area contributed by atoms with Gasteiger partial charge in [-0.2, -0.15) is 0 Å². The lowest BCUT2D eigenvalue weighted by atomic mass is 10.1. The molecule has 0 spiro atoms. The molecule has 198 valence electrons. The van der Waals surface area contributed by atoms with Crippen LogP contribution in [0.3, 0.4) is 0 Å². The molecule has 0 radical (unpaired) electrons. The number of carbonyl (C=O) groups is 1. The molecule has 0 fully saturated rings. The van der Waals surface area contributed by atoms with Crippen LogP contribution in [-0.2, 0) is 20.7 Å². The van der Waals surface area contributed by atoms with Gasteiger partial charge in [0.1, 0.15) is 12.4 Å². The molecule has 2 atom stereocenters. The van der Waals surface area contributed by atoms with Crippen LogP contribution in [0.25, 0.3) is 10.8 Å². The van der Waals surface area contributed by atoms with E-state index in [1.54, 1.807) is 31.4 Å².